The lowest BCUT2D eigenvalue weighted by Gasteiger charge is -2.15. The highest BCUT2D eigenvalue weighted by atomic mass is 32.2. The lowest BCUT2D eigenvalue weighted by Crippen LogP contribution is -2.39. The number of carbonyl (C=O) groups is 3. The van der Waals surface area contributed by atoms with Crippen LogP contribution in [0.2, 0.25) is 0 Å². The second kappa shape index (κ2) is 9.19. The van der Waals surface area contributed by atoms with E-state index < -0.39 is 11.9 Å². The highest BCUT2D eigenvalue weighted by Gasteiger charge is 2.14. The van der Waals surface area contributed by atoms with Crippen LogP contribution in [-0.2, 0) is 19.1 Å². The lowest BCUT2D eigenvalue weighted by molar-refractivity contribution is -0.149. The Labute approximate surface area is 140 Å². The predicted molar refractivity (Wildman–Crippen MR) is 89.3 cm³/mol. The van der Waals surface area contributed by atoms with Crippen LogP contribution in [0.25, 0.3) is 0 Å². The van der Waals surface area contributed by atoms with Crippen molar-refractivity contribution in [2.45, 2.75) is 18.7 Å². The van der Waals surface area contributed by atoms with Crippen LogP contribution >= 0.6 is 11.8 Å². The molecule has 0 radical (unpaired) electrons. The number of hydrogen-bond donors (Lipinski definition) is 1. The SMILES string of the molecule is CNC(=O)CN(C)C(=O)COC(=O)CSc1cc(C)ccc1C. The van der Waals surface area contributed by atoms with Gasteiger partial charge in [0.05, 0.1) is 12.3 Å². The Kier molecular flexibility index (Phi) is 7.61. The zero-order chi connectivity index (χ0) is 17.4. The number of nitrogens with zero attached hydrogens (tertiary/aromatic N) is 1. The number of aryl methyl sites for hydroxylation is 2. The Morgan fingerprint density at radius 2 is 1.96 bits per heavy atom. The second-order valence-corrected chi connectivity index (χ2v) is 6.16. The number of esters is 1. The molecule has 0 saturated heterocycles. The molecular formula is C16H22N2O4S. The van der Waals surface area contributed by atoms with Crippen molar-refractivity contribution in [1.82, 2.24) is 10.2 Å². The third-order valence-electron chi connectivity index (χ3n) is 3.13. The van der Waals surface area contributed by atoms with Crippen molar-refractivity contribution in [3.8, 4) is 0 Å². The summed E-state index contributed by atoms with van der Waals surface area (Å²) in [4.78, 5) is 36.9. The van der Waals surface area contributed by atoms with Crippen LogP contribution in [0.1, 0.15) is 11.1 Å². The minimum absolute atomic E-state index is 0.0654. The number of likely N-dealkylation sites (N-methyl/N-ethyl adjacent to an activating group) is 2. The predicted octanol–water partition coefficient (Wildman–Crippen LogP) is 1.14. The highest BCUT2D eigenvalue weighted by molar-refractivity contribution is 8.00. The van der Waals surface area contributed by atoms with E-state index in [0.717, 1.165) is 16.0 Å². The summed E-state index contributed by atoms with van der Waals surface area (Å²) in [6, 6.07) is 6.02. The fourth-order valence-corrected chi connectivity index (χ4v) is 2.60. The highest BCUT2D eigenvalue weighted by Crippen LogP contribution is 2.23. The monoisotopic (exact) mass is 338 g/mol. The molecule has 0 atom stereocenters. The van der Waals surface area contributed by atoms with Gasteiger partial charge >= 0.3 is 5.97 Å². The van der Waals surface area contributed by atoms with E-state index in [2.05, 4.69) is 5.32 Å². The van der Waals surface area contributed by atoms with Crippen molar-refractivity contribution in [2.24, 2.45) is 0 Å². The van der Waals surface area contributed by atoms with Crippen LogP contribution in [0.3, 0.4) is 0 Å². The first-order valence-corrected chi connectivity index (χ1v) is 8.12. The number of ether oxygens (including phenoxy) is 1. The van der Waals surface area contributed by atoms with Crippen molar-refractivity contribution < 1.29 is 19.1 Å². The van der Waals surface area contributed by atoms with Crippen LogP contribution in [0.15, 0.2) is 23.1 Å². The Morgan fingerprint density at radius 1 is 1.26 bits per heavy atom. The quantitative estimate of drug-likeness (QED) is 0.596. The summed E-state index contributed by atoms with van der Waals surface area (Å²) in [5, 5.41) is 2.42. The lowest BCUT2D eigenvalue weighted by atomic mass is 10.2. The third kappa shape index (κ3) is 6.73. The maximum Gasteiger partial charge on any atom is 0.316 e. The first-order chi connectivity index (χ1) is 10.8. The van der Waals surface area contributed by atoms with Gasteiger partial charge in [0.1, 0.15) is 0 Å². The average molecular weight is 338 g/mol. The summed E-state index contributed by atoms with van der Waals surface area (Å²) >= 11 is 1.38. The van der Waals surface area contributed by atoms with Gasteiger partial charge in [0.25, 0.3) is 5.91 Å². The van der Waals surface area contributed by atoms with Gasteiger partial charge < -0.3 is 15.0 Å². The van der Waals surface area contributed by atoms with Gasteiger partial charge in [-0.1, -0.05) is 17.7 Å². The average Bonchev–Trinajstić information content (AvgIpc) is 2.52. The van der Waals surface area contributed by atoms with Crippen LogP contribution in [0.5, 0.6) is 0 Å². The number of amides is 2. The number of carbonyl (C=O) groups excluding carboxylic acids is 3. The molecule has 1 rings (SSSR count). The molecule has 0 aliphatic rings. The molecule has 23 heavy (non-hydrogen) atoms. The van der Waals surface area contributed by atoms with Gasteiger partial charge in [0.2, 0.25) is 5.91 Å². The van der Waals surface area contributed by atoms with Crippen LogP contribution < -0.4 is 5.32 Å². The molecule has 0 unspecified atom stereocenters. The maximum absolute atomic E-state index is 11.7. The molecule has 0 aliphatic carbocycles. The van der Waals surface area contributed by atoms with E-state index in [1.807, 2.05) is 32.0 Å². The van der Waals surface area contributed by atoms with E-state index in [1.165, 1.54) is 30.8 Å². The van der Waals surface area contributed by atoms with E-state index in [0.29, 0.717) is 0 Å². The molecule has 2 amide bonds. The van der Waals surface area contributed by atoms with Crippen molar-refractivity contribution in [3.63, 3.8) is 0 Å². The molecular weight excluding hydrogens is 316 g/mol. The van der Waals surface area contributed by atoms with Gasteiger partial charge in [-0.15, -0.1) is 11.8 Å². The second-order valence-electron chi connectivity index (χ2n) is 5.14. The summed E-state index contributed by atoms with van der Waals surface area (Å²) in [7, 11) is 2.97. The summed E-state index contributed by atoms with van der Waals surface area (Å²) < 4.78 is 4.95. The van der Waals surface area contributed by atoms with Crippen molar-refractivity contribution in [1.29, 1.82) is 0 Å². The molecule has 0 saturated carbocycles. The van der Waals surface area contributed by atoms with Crippen LogP contribution in [0.4, 0.5) is 0 Å². The van der Waals surface area contributed by atoms with Gasteiger partial charge in [-0.05, 0) is 25.5 Å². The summed E-state index contributed by atoms with van der Waals surface area (Å²) in [5.41, 5.74) is 2.22. The van der Waals surface area contributed by atoms with E-state index in [9.17, 15) is 14.4 Å². The fourth-order valence-electron chi connectivity index (χ4n) is 1.68. The molecule has 126 valence electrons. The van der Waals surface area contributed by atoms with Gasteiger partial charge in [-0.25, -0.2) is 0 Å². The Bertz CT molecular complexity index is 589. The van der Waals surface area contributed by atoms with Crippen LogP contribution in [0, 0.1) is 13.8 Å². The molecule has 7 heteroatoms. The molecule has 0 aliphatic heterocycles. The first-order valence-electron chi connectivity index (χ1n) is 7.13. The van der Waals surface area contributed by atoms with Gasteiger partial charge in [-0.2, -0.15) is 0 Å². The minimum atomic E-state index is -0.461. The van der Waals surface area contributed by atoms with Crippen molar-refractivity contribution in [2.75, 3.05) is 33.0 Å². The number of rotatable bonds is 7. The Balaban J connectivity index is 2.38. The standard InChI is InChI=1S/C16H22N2O4S/c1-11-5-6-12(2)13(7-11)23-10-16(21)22-9-15(20)18(4)8-14(19)17-3/h5-7H,8-10H2,1-4H3,(H,17,19). The van der Waals surface area contributed by atoms with E-state index >= 15 is 0 Å². The smallest absolute Gasteiger partial charge is 0.316 e. The zero-order valence-electron chi connectivity index (χ0n) is 13.8. The summed E-state index contributed by atoms with van der Waals surface area (Å²) in [6.07, 6.45) is 0. The third-order valence-corrected chi connectivity index (χ3v) is 4.26. The summed E-state index contributed by atoms with van der Waals surface area (Å²) in [5.74, 6) is -1.02. The molecule has 0 heterocycles. The Morgan fingerprint density at radius 3 is 2.61 bits per heavy atom. The molecule has 0 bridgehead atoms. The fraction of sp³-hybridized carbons (Fsp3) is 0.438. The summed E-state index contributed by atoms with van der Waals surface area (Å²) in [6.45, 7) is 3.54. The zero-order valence-corrected chi connectivity index (χ0v) is 14.7. The van der Waals surface area contributed by atoms with Gasteiger partial charge in [0.15, 0.2) is 6.61 Å². The topological polar surface area (TPSA) is 75.7 Å². The maximum atomic E-state index is 11.7. The molecule has 0 spiro atoms. The number of nitrogens with one attached hydrogen (secondary N) is 1. The van der Waals surface area contributed by atoms with Crippen LogP contribution in [-0.4, -0.2) is 55.7 Å². The number of benzene rings is 1. The van der Waals surface area contributed by atoms with Crippen molar-refractivity contribution in [3.05, 3.63) is 29.3 Å². The van der Waals surface area contributed by atoms with Crippen molar-refractivity contribution >= 4 is 29.5 Å². The van der Waals surface area contributed by atoms with Gasteiger partial charge in [0, 0.05) is 19.0 Å². The van der Waals surface area contributed by atoms with E-state index in [-0.39, 0.29) is 24.8 Å². The van der Waals surface area contributed by atoms with Gasteiger partial charge in [-0.3, -0.25) is 14.4 Å². The van der Waals surface area contributed by atoms with E-state index in [1.54, 1.807) is 0 Å². The molecule has 0 aromatic heterocycles. The number of hydrogen-bond acceptors (Lipinski definition) is 5. The normalized spacial score (nSPS) is 10.1. The Hall–Kier alpha value is -2.02. The number of thioether (sulfide) groups is 1. The molecule has 6 nitrogen and oxygen atoms in total. The molecule has 0 fully saturated rings. The molecule has 1 aromatic carbocycles. The van der Waals surface area contributed by atoms with E-state index in [4.69, 9.17) is 4.74 Å². The molecule has 1 N–H and O–H groups in total. The molecule has 1 aromatic rings. The first kappa shape index (κ1) is 19.0. The largest absolute Gasteiger partial charge is 0.455 e. The minimum Gasteiger partial charge on any atom is -0.455 e.